The third-order valence-corrected chi connectivity index (χ3v) is 6.44. The molecule has 1 atom stereocenters. The Bertz CT molecular complexity index is 716. The van der Waals surface area contributed by atoms with Gasteiger partial charge in [-0.05, 0) is 51.4 Å². The van der Waals surface area contributed by atoms with Crippen LogP contribution in [-0.2, 0) is 17.6 Å². The van der Waals surface area contributed by atoms with Crippen molar-refractivity contribution in [3.8, 4) is 0 Å². The minimum absolute atomic E-state index is 0.0304. The van der Waals surface area contributed by atoms with E-state index in [0.717, 1.165) is 62.7 Å². The van der Waals surface area contributed by atoms with Crippen LogP contribution < -0.4 is 0 Å². The summed E-state index contributed by atoms with van der Waals surface area (Å²) in [5.74, 6) is 0.566. The Hall–Kier alpha value is -1.89. The van der Waals surface area contributed by atoms with E-state index in [9.17, 15) is 9.59 Å². The molecule has 1 aromatic rings. The maximum atomic E-state index is 13.2. The summed E-state index contributed by atoms with van der Waals surface area (Å²) in [6.45, 7) is 2.79. The van der Waals surface area contributed by atoms with Gasteiger partial charge in [-0.15, -0.1) is 0 Å². The van der Waals surface area contributed by atoms with Crippen molar-refractivity contribution in [2.75, 3.05) is 32.8 Å². The van der Waals surface area contributed by atoms with Crippen molar-refractivity contribution in [3.63, 3.8) is 0 Å². The van der Waals surface area contributed by atoms with E-state index in [4.69, 9.17) is 9.63 Å². The third kappa shape index (κ3) is 3.61. The standard InChI is InChI=1S/C20H29N3O4/c24-12-4-11-22-13-20(9-7-17(22)25)8-3-10-23(14-20)19(26)18-15-5-1-2-6-16(15)21-27-18/h24H,1-14H2/t20-/m1/s1. The summed E-state index contributed by atoms with van der Waals surface area (Å²) >= 11 is 0. The Kier molecular flexibility index (Phi) is 5.21. The topological polar surface area (TPSA) is 86.9 Å². The van der Waals surface area contributed by atoms with Gasteiger partial charge in [-0.1, -0.05) is 5.16 Å². The molecule has 0 radical (unpaired) electrons. The fourth-order valence-electron chi connectivity index (χ4n) is 4.98. The van der Waals surface area contributed by atoms with Crippen LogP contribution in [0.5, 0.6) is 0 Å². The molecule has 0 aromatic carbocycles. The fraction of sp³-hybridized carbons (Fsp3) is 0.750. The highest BCUT2D eigenvalue weighted by Gasteiger charge is 2.43. The third-order valence-electron chi connectivity index (χ3n) is 6.44. The number of nitrogens with zero attached hydrogens (tertiary/aromatic N) is 3. The number of aromatic nitrogens is 1. The molecule has 0 saturated carbocycles. The Balaban J connectivity index is 1.48. The van der Waals surface area contributed by atoms with Gasteiger partial charge in [0.1, 0.15) is 0 Å². The molecule has 7 heteroatoms. The molecule has 0 unspecified atom stereocenters. The monoisotopic (exact) mass is 375 g/mol. The largest absolute Gasteiger partial charge is 0.396 e. The Labute approximate surface area is 159 Å². The van der Waals surface area contributed by atoms with Crippen molar-refractivity contribution in [1.82, 2.24) is 15.0 Å². The van der Waals surface area contributed by atoms with Gasteiger partial charge in [-0.2, -0.15) is 0 Å². The first kappa shape index (κ1) is 18.5. The number of carbonyl (C=O) groups is 2. The van der Waals surface area contributed by atoms with Crippen molar-refractivity contribution < 1.29 is 19.2 Å². The van der Waals surface area contributed by atoms with E-state index in [-0.39, 0.29) is 23.8 Å². The van der Waals surface area contributed by atoms with E-state index >= 15 is 0 Å². The van der Waals surface area contributed by atoms with E-state index < -0.39 is 0 Å². The number of carbonyl (C=O) groups excluding carboxylic acids is 2. The highest BCUT2D eigenvalue weighted by atomic mass is 16.5. The van der Waals surface area contributed by atoms with Gasteiger partial charge in [0.2, 0.25) is 11.7 Å². The van der Waals surface area contributed by atoms with Crippen molar-refractivity contribution >= 4 is 11.8 Å². The van der Waals surface area contributed by atoms with E-state index in [1.54, 1.807) is 0 Å². The second-order valence-electron chi connectivity index (χ2n) is 8.37. The van der Waals surface area contributed by atoms with Crippen molar-refractivity contribution in [2.24, 2.45) is 5.41 Å². The first-order chi connectivity index (χ1) is 13.1. The number of likely N-dealkylation sites (tertiary alicyclic amines) is 2. The quantitative estimate of drug-likeness (QED) is 0.867. The van der Waals surface area contributed by atoms with Gasteiger partial charge in [-0.3, -0.25) is 9.59 Å². The molecular formula is C20H29N3O4. The molecule has 2 amide bonds. The number of aliphatic hydroxyl groups excluding tert-OH is 1. The summed E-state index contributed by atoms with van der Waals surface area (Å²) < 4.78 is 5.47. The molecule has 7 nitrogen and oxygen atoms in total. The second kappa shape index (κ2) is 7.62. The summed E-state index contributed by atoms with van der Waals surface area (Å²) in [6.07, 6.45) is 7.93. The Morgan fingerprint density at radius 2 is 2.00 bits per heavy atom. The maximum Gasteiger partial charge on any atom is 0.292 e. The number of aliphatic hydroxyl groups is 1. The molecule has 1 aliphatic carbocycles. The lowest BCUT2D eigenvalue weighted by Gasteiger charge is -2.48. The number of amides is 2. The van der Waals surface area contributed by atoms with Gasteiger partial charge in [0.05, 0.1) is 5.69 Å². The molecule has 1 spiro atoms. The Morgan fingerprint density at radius 1 is 1.15 bits per heavy atom. The van der Waals surface area contributed by atoms with Gasteiger partial charge in [0.15, 0.2) is 0 Å². The van der Waals surface area contributed by atoms with Crippen LogP contribution in [0.25, 0.3) is 0 Å². The predicted octanol–water partition coefficient (Wildman–Crippen LogP) is 1.78. The summed E-state index contributed by atoms with van der Waals surface area (Å²) in [5, 5.41) is 13.2. The number of rotatable bonds is 4. The first-order valence-corrected chi connectivity index (χ1v) is 10.3. The molecule has 0 bridgehead atoms. The van der Waals surface area contributed by atoms with Gasteiger partial charge in [0.25, 0.3) is 5.91 Å². The summed E-state index contributed by atoms with van der Waals surface area (Å²) in [6, 6.07) is 0. The van der Waals surface area contributed by atoms with E-state index in [2.05, 4.69) is 5.16 Å². The lowest BCUT2D eigenvalue weighted by atomic mass is 9.73. The van der Waals surface area contributed by atoms with E-state index in [1.165, 1.54) is 0 Å². The highest BCUT2D eigenvalue weighted by molar-refractivity contribution is 5.93. The zero-order chi connectivity index (χ0) is 18.9. The van der Waals surface area contributed by atoms with Crippen molar-refractivity contribution in [2.45, 2.75) is 57.8 Å². The molecule has 3 heterocycles. The molecule has 1 aromatic heterocycles. The minimum Gasteiger partial charge on any atom is -0.396 e. The molecule has 2 aliphatic heterocycles. The van der Waals surface area contributed by atoms with E-state index in [1.807, 2.05) is 9.80 Å². The average Bonchev–Trinajstić information content (AvgIpc) is 3.12. The zero-order valence-corrected chi connectivity index (χ0v) is 15.9. The van der Waals surface area contributed by atoms with Gasteiger partial charge < -0.3 is 19.4 Å². The minimum atomic E-state index is -0.0384. The normalized spacial score (nSPS) is 25.7. The smallest absolute Gasteiger partial charge is 0.292 e. The SMILES string of the molecule is O=C1CC[C@]2(CCCN(C(=O)c3onc4c3CCCC4)C2)CN1CCCO. The number of piperidine rings is 2. The van der Waals surface area contributed by atoms with Crippen LogP contribution in [0, 0.1) is 5.41 Å². The average molecular weight is 375 g/mol. The Morgan fingerprint density at radius 3 is 2.85 bits per heavy atom. The number of aryl methyl sites for hydroxylation is 1. The number of fused-ring (bicyclic) bond motifs is 1. The van der Waals surface area contributed by atoms with Crippen LogP contribution in [0.2, 0.25) is 0 Å². The molecule has 148 valence electrons. The van der Waals surface area contributed by atoms with Crippen molar-refractivity contribution in [3.05, 3.63) is 17.0 Å². The maximum absolute atomic E-state index is 13.2. The van der Waals surface area contributed by atoms with Crippen LogP contribution in [0.3, 0.4) is 0 Å². The molecular weight excluding hydrogens is 346 g/mol. The molecule has 1 N–H and O–H groups in total. The van der Waals surface area contributed by atoms with E-state index in [0.29, 0.717) is 38.2 Å². The summed E-state index contributed by atoms with van der Waals surface area (Å²) in [5.41, 5.74) is 1.93. The van der Waals surface area contributed by atoms with Crippen LogP contribution in [0.4, 0.5) is 0 Å². The van der Waals surface area contributed by atoms with Gasteiger partial charge in [0, 0.05) is 50.2 Å². The molecule has 2 saturated heterocycles. The zero-order valence-electron chi connectivity index (χ0n) is 15.9. The van der Waals surface area contributed by atoms with Crippen LogP contribution >= 0.6 is 0 Å². The van der Waals surface area contributed by atoms with Gasteiger partial charge >= 0.3 is 0 Å². The number of hydrogen-bond donors (Lipinski definition) is 1. The second-order valence-corrected chi connectivity index (χ2v) is 8.37. The molecule has 2 fully saturated rings. The lowest BCUT2D eigenvalue weighted by Crippen LogP contribution is -2.55. The van der Waals surface area contributed by atoms with Crippen LogP contribution in [0.15, 0.2) is 4.52 Å². The fourth-order valence-corrected chi connectivity index (χ4v) is 4.98. The highest BCUT2D eigenvalue weighted by Crippen LogP contribution is 2.39. The molecule has 4 rings (SSSR count). The summed E-state index contributed by atoms with van der Waals surface area (Å²) in [7, 11) is 0. The van der Waals surface area contributed by atoms with Crippen molar-refractivity contribution in [1.29, 1.82) is 0 Å². The van der Waals surface area contributed by atoms with Gasteiger partial charge in [-0.25, -0.2) is 0 Å². The summed E-state index contributed by atoms with van der Waals surface area (Å²) in [4.78, 5) is 29.2. The predicted molar refractivity (Wildman–Crippen MR) is 98.2 cm³/mol. The lowest BCUT2D eigenvalue weighted by molar-refractivity contribution is -0.139. The number of hydrogen-bond acceptors (Lipinski definition) is 5. The molecule has 3 aliphatic rings. The first-order valence-electron chi connectivity index (χ1n) is 10.3. The van der Waals surface area contributed by atoms with Crippen LogP contribution in [-0.4, -0.2) is 64.7 Å². The van der Waals surface area contributed by atoms with Crippen LogP contribution in [0.1, 0.15) is 66.8 Å². The molecule has 27 heavy (non-hydrogen) atoms.